The van der Waals surface area contributed by atoms with Gasteiger partial charge in [0.15, 0.2) is 0 Å². The number of hydrogen-bond donors (Lipinski definition) is 4. The minimum absolute atomic E-state index is 0.0334. The van der Waals surface area contributed by atoms with Crippen molar-refractivity contribution in [3.8, 4) is 0 Å². The van der Waals surface area contributed by atoms with Crippen LogP contribution in [0.1, 0.15) is 232 Å². The number of aliphatic hydroxyl groups is 1. The van der Waals surface area contributed by atoms with Crippen molar-refractivity contribution in [3.05, 3.63) is 0 Å². The van der Waals surface area contributed by atoms with Crippen LogP contribution in [-0.4, -0.2) is 68.0 Å². The monoisotopic (exact) mass is 762 g/mol. The van der Waals surface area contributed by atoms with Gasteiger partial charge >= 0.3 is 0 Å². The molecule has 0 aromatic heterocycles. The van der Waals surface area contributed by atoms with Crippen LogP contribution >= 0.6 is 0 Å². The molecule has 0 radical (unpaired) electrons. The highest BCUT2D eigenvalue weighted by molar-refractivity contribution is 6.11. The van der Waals surface area contributed by atoms with Crippen LogP contribution in [0.4, 0.5) is 0 Å². The van der Waals surface area contributed by atoms with E-state index in [1.165, 1.54) is 148 Å². The third-order valence-electron chi connectivity index (χ3n) is 11.4. The van der Waals surface area contributed by atoms with Crippen molar-refractivity contribution in [2.75, 3.05) is 13.2 Å². The second kappa shape index (κ2) is 37.0. The normalized spacial score (nSPS) is 17.4. The number of rotatable bonds is 39. The summed E-state index contributed by atoms with van der Waals surface area (Å²) in [5.41, 5.74) is 0. The number of unbranched alkanes of at least 4 members (excludes halogenated alkanes) is 27. The first-order valence-corrected chi connectivity index (χ1v) is 23.5. The van der Waals surface area contributed by atoms with Crippen LogP contribution in [0.3, 0.4) is 0 Å². The van der Waals surface area contributed by atoms with Crippen LogP contribution in [0.15, 0.2) is 0 Å². The fourth-order valence-electron chi connectivity index (χ4n) is 7.85. The molecular weight excluding hydrogens is 673 g/mol. The number of amides is 3. The minimum atomic E-state index is -0.634. The van der Waals surface area contributed by atoms with Crippen molar-refractivity contribution in [1.29, 1.82) is 0 Å². The molecule has 54 heavy (non-hydrogen) atoms. The SMILES string of the molecule is B[C@H]1CC(NC(=O)C(CCCCNC(=O)CCCCCCCCCCCCCCCC)NC(=O)CCCCCCCCCCCCCCCC)[C@@H](CO)O1. The first-order valence-electron chi connectivity index (χ1n) is 23.5. The summed E-state index contributed by atoms with van der Waals surface area (Å²) in [5, 5.41) is 18.8. The van der Waals surface area contributed by atoms with Gasteiger partial charge in [-0.3, -0.25) is 14.4 Å². The second-order valence-corrected chi connectivity index (χ2v) is 16.7. The van der Waals surface area contributed by atoms with E-state index in [0.717, 1.165) is 44.9 Å². The third-order valence-corrected chi connectivity index (χ3v) is 11.4. The van der Waals surface area contributed by atoms with E-state index in [9.17, 15) is 19.5 Å². The molecule has 0 spiro atoms. The summed E-state index contributed by atoms with van der Waals surface area (Å²) in [5.74, 6) is -0.187. The number of ether oxygens (including phenoxy) is 1. The molecule has 1 aliphatic rings. The Bertz CT molecular complexity index is 893. The van der Waals surface area contributed by atoms with Gasteiger partial charge in [-0.2, -0.15) is 0 Å². The summed E-state index contributed by atoms with van der Waals surface area (Å²) in [6, 6.07) is -0.934. The predicted molar refractivity (Wildman–Crippen MR) is 229 cm³/mol. The number of carbonyl (C=O) groups excluding carboxylic acids is 3. The maximum atomic E-state index is 13.4. The fraction of sp³-hybridized carbons (Fsp3) is 0.933. The van der Waals surface area contributed by atoms with Crippen molar-refractivity contribution in [1.82, 2.24) is 16.0 Å². The van der Waals surface area contributed by atoms with E-state index in [1.807, 2.05) is 7.85 Å². The van der Waals surface area contributed by atoms with Crippen LogP contribution in [-0.2, 0) is 19.1 Å². The Balaban J connectivity index is 2.22. The first kappa shape index (κ1) is 50.4. The lowest BCUT2D eigenvalue weighted by Gasteiger charge is -2.23. The molecule has 4 atom stereocenters. The topological polar surface area (TPSA) is 117 Å². The molecule has 1 heterocycles. The molecule has 9 heteroatoms. The predicted octanol–water partition coefficient (Wildman–Crippen LogP) is 9.73. The summed E-state index contributed by atoms with van der Waals surface area (Å²) in [6.45, 7) is 4.97. The van der Waals surface area contributed by atoms with E-state index in [4.69, 9.17) is 4.74 Å². The van der Waals surface area contributed by atoms with E-state index in [0.29, 0.717) is 32.2 Å². The molecule has 1 rings (SSSR count). The third kappa shape index (κ3) is 29.7. The largest absolute Gasteiger partial charge is 0.394 e. The zero-order valence-corrected chi connectivity index (χ0v) is 35.8. The number of aliphatic hydroxyl groups excluding tert-OH is 1. The summed E-state index contributed by atoms with van der Waals surface area (Å²) in [6.07, 6.45) is 39.3. The van der Waals surface area contributed by atoms with Crippen molar-refractivity contribution < 1.29 is 24.2 Å². The molecule has 0 bridgehead atoms. The van der Waals surface area contributed by atoms with Gasteiger partial charge in [0, 0.05) is 25.4 Å². The molecule has 0 aromatic carbocycles. The van der Waals surface area contributed by atoms with E-state index < -0.39 is 12.1 Å². The molecule has 0 aromatic rings. The lowest BCUT2D eigenvalue weighted by atomic mass is 9.94. The highest BCUT2D eigenvalue weighted by Crippen LogP contribution is 2.19. The van der Waals surface area contributed by atoms with Crippen LogP contribution < -0.4 is 16.0 Å². The van der Waals surface area contributed by atoms with Gasteiger partial charge < -0.3 is 25.8 Å². The zero-order valence-electron chi connectivity index (χ0n) is 35.8. The highest BCUT2D eigenvalue weighted by Gasteiger charge is 2.35. The molecule has 1 aliphatic heterocycles. The molecule has 2 unspecified atom stereocenters. The average molecular weight is 762 g/mol. The highest BCUT2D eigenvalue weighted by atomic mass is 16.5. The minimum Gasteiger partial charge on any atom is -0.394 e. The van der Waals surface area contributed by atoms with Gasteiger partial charge in [-0.1, -0.05) is 181 Å². The van der Waals surface area contributed by atoms with Gasteiger partial charge in [0.1, 0.15) is 20.0 Å². The quantitative estimate of drug-likeness (QED) is 0.0368. The van der Waals surface area contributed by atoms with Crippen molar-refractivity contribution in [3.63, 3.8) is 0 Å². The fourth-order valence-corrected chi connectivity index (χ4v) is 7.85. The Morgan fingerprint density at radius 3 is 1.43 bits per heavy atom. The van der Waals surface area contributed by atoms with Gasteiger partial charge in [-0.15, -0.1) is 0 Å². The summed E-state index contributed by atoms with van der Waals surface area (Å²) in [7, 11) is 1.94. The zero-order chi connectivity index (χ0) is 39.3. The lowest BCUT2D eigenvalue weighted by Crippen LogP contribution is -2.52. The van der Waals surface area contributed by atoms with Crippen molar-refractivity contribution >= 4 is 25.6 Å². The lowest BCUT2D eigenvalue weighted by molar-refractivity contribution is -0.130. The Morgan fingerprint density at radius 2 is 1.00 bits per heavy atom. The maximum absolute atomic E-state index is 13.4. The van der Waals surface area contributed by atoms with Crippen LogP contribution in [0, 0.1) is 0 Å². The Labute approximate surface area is 334 Å². The van der Waals surface area contributed by atoms with Crippen LogP contribution in [0.2, 0.25) is 0 Å². The van der Waals surface area contributed by atoms with E-state index >= 15 is 0 Å². The van der Waals surface area contributed by atoms with E-state index in [-0.39, 0.29) is 36.4 Å². The van der Waals surface area contributed by atoms with E-state index in [2.05, 4.69) is 29.8 Å². The summed E-state index contributed by atoms with van der Waals surface area (Å²) in [4.78, 5) is 38.7. The smallest absolute Gasteiger partial charge is 0.242 e. The standard InChI is InChI=1S/C45H88BN3O5/c1-3-5-7-9-11-13-15-17-19-21-23-25-27-29-34-43(51)47-36-32-31-33-39(45(53)49-40-37-42(46)54-41(40)38-50)48-44(52)35-30-28-26-24-22-20-18-16-14-12-10-8-6-4-2/h39-42,50H,3-38,46H2,1-2H3,(H,47,51)(H,48,52)(H,49,53)/t39?,40?,41-,42-/m1/s1. The van der Waals surface area contributed by atoms with Crippen LogP contribution in [0.5, 0.6) is 0 Å². The molecule has 1 fully saturated rings. The molecular formula is C45H88BN3O5. The van der Waals surface area contributed by atoms with Gasteiger partial charge in [0.05, 0.1) is 12.6 Å². The molecule has 8 nitrogen and oxygen atoms in total. The Morgan fingerprint density at radius 1 is 0.593 bits per heavy atom. The van der Waals surface area contributed by atoms with Gasteiger partial charge in [0.25, 0.3) is 0 Å². The molecule has 316 valence electrons. The molecule has 0 aliphatic carbocycles. The average Bonchev–Trinajstić information content (AvgIpc) is 3.52. The molecule has 4 N–H and O–H groups in total. The molecule has 0 saturated carbocycles. The van der Waals surface area contributed by atoms with Crippen molar-refractivity contribution in [2.24, 2.45) is 0 Å². The van der Waals surface area contributed by atoms with Gasteiger partial charge in [-0.25, -0.2) is 0 Å². The number of hydrogen-bond acceptors (Lipinski definition) is 5. The Kier molecular flexibility index (Phi) is 34.5. The van der Waals surface area contributed by atoms with Gasteiger partial charge in [-0.05, 0) is 38.5 Å². The summed E-state index contributed by atoms with van der Waals surface area (Å²) < 4.78 is 5.74. The Hall–Kier alpha value is -1.61. The van der Waals surface area contributed by atoms with E-state index in [1.54, 1.807) is 0 Å². The van der Waals surface area contributed by atoms with Gasteiger partial charge in [0.2, 0.25) is 17.7 Å². The number of nitrogens with one attached hydrogen (secondary N) is 3. The summed E-state index contributed by atoms with van der Waals surface area (Å²) >= 11 is 0. The molecule has 3 amide bonds. The molecule has 1 saturated heterocycles. The van der Waals surface area contributed by atoms with Crippen LogP contribution in [0.25, 0.3) is 0 Å². The first-order chi connectivity index (χ1) is 26.4. The van der Waals surface area contributed by atoms with Crippen molar-refractivity contribution in [2.45, 2.75) is 256 Å². The maximum Gasteiger partial charge on any atom is 0.242 e. The second-order valence-electron chi connectivity index (χ2n) is 16.7. The number of carbonyl (C=O) groups is 3.